The molecule has 6 nitrogen and oxygen atoms in total. The monoisotopic (exact) mass is 267 g/mol. The van der Waals surface area contributed by atoms with Gasteiger partial charge in [-0.1, -0.05) is 11.6 Å². The van der Waals surface area contributed by atoms with E-state index in [0.717, 1.165) is 4.88 Å². The zero-order valence-corrected chi connectivity index (χ0v) is 9.89. The minimum Gasteiger partial charge on any atom is -0.369 e. The van der Waals surface area contributed by atoms with Crippen molar-refractivity contribution in [2.45, 2.75) is 0 Å². The molecule has 8 heteroatoms. The Morgan fingerprint density at radius 1 is 1.29 bits per heavy atom. The number of fused-ring (bicyclic) bond motifs is 1. The van der Waals surface area contributed by atoms with Crippen LogP contribution in [0.25, 0.3) is 21.9 Å². The Hall–Kier alpha value is -1.86. The minimum atomic E-state index is -0.339. The van der Waals surface area contributed by atoms with Gasteiger partial charge in [-0.05, 0) is 12.1 Å². The highest BCUT2D eigenvalue weighted by molar-refractivity contribution is 7.19. The first kappa shape index (κ1) is 10.3. The van der Waals surface area contributed by atoms with Crippen LogP contribution in [0.3, 0.4) is 0 Å². The van der Waals surface area contributed by atoms with Gasteiger partial charge >= 0.3 is 0 Å². The molecule has 0 fully saturated rings. The van der Waals surface area contributed by atoms with Crippen molar-refractivity contribution in [3.8, 4) is 10.7 Å². The molecule has 0 saturated carbocycles. The Morgan fingerprint density at radius 2 is 2.12 bits per heavy atom. The van der Waals surface area contributed by atoms with E-state index in [9.17, 15) is 4.79 Å². The van der Waals surface area contributed by atoms with Crippen LogP contribution in [0.1, 0.15) is 0 Å². The standard InChI is InChI=1S/C9H6ClN5OS/c10-4-2-1-3(17-4)6-12-5-7(13-6)14-9(11)15-8(5)16/h1-2H,(H4,11,12,13,14,15,16). The van der Waals surface area contributed by atoms with Gasteiger partial charge in [-0.3, -0.25) is 9.78 Å². The molecule has 0 saturated heterocycles. The molecule has 0 unspecified atom stereocenters. The van der Waals surface area contributed by atoms with E-state index in [1.807, 2.05) is 6.07 Å². The lowest BCUT2D eigenvalue weighted by Crippen LogP contribution is -2.10. The van der Waals surface area contributed by atoms with Gasteiger partial charge in [-0.15, -0.1) is 11.3 Å². The summed E-state index contributed by atoms with van der Waals surface area (Å²) in [6, 6.07) is 3.59. The summed E-state index contributed by atoms with van der Waals surface area (Å²) in [5, 5.41) is 0. The molecule has 0 aliphatic heterocycles. The summed E-state index contributed by atoms with van der Waals surface area (Å²) in [6.07, 6.45) is 0. The first-order valence-corrected chi connectivity index (χ1v) is 5.84. The second-order valence-electron chi connectivity index (χ2n) is 3.34. The molecule has 0 aliphatic rings. The predicted molar refractivity (Wildman–Crippen MR) is 67.2 cm³/mol. The fourth-order valence-corrected chi connectivity index (χ4v) is 2.47. The molecule has 3 heterocycles. The van der Waals surface area contributed by atoms with Gasteiger partial charge in [0.25, 0.3) is 5.56 Å². The summed E-state index contributed by atoms with van der Waals surface area (Å²) in [5.41, 5.74) is 5.70. The number of nitrogens with zero attached hydrogens (tertiary/aromatic N) is 2. The van der Waals surface area contributed by atoms with Crippen LogP contribution in [0.5, 0.6) is 0 Å². The minimum absolute atomic E-state index is 0.0461. The van der Waals surface area contributed by atoms with Crippen molar-refractivity contribution in [3.63, 3.8) is 0 Å². The topological polar surface area (TPSA) is 100 Å². The largest absolute Gasteiger partial charge is 0.369 e. The molecule has 17 heavy (non-hydrogen) atoms. The molecule has 3 rings (SSSR count). The van der Waals surface area contributed by atoms with Gasteiger partial charge in [-0.2, -0.15) is 4.98 Å². The van der Waals surface area contributed by atoms with Gasteiger partial charge in [0.05, 0.1) is 9.21 Å². The number of anilines is 1. The highest BCUT2D eigenvalue weighted by Crippen LogP contribution is 2.29. The molecule has 3 aromatic rings. The van der Waals surface area contributed by atoms with E-state index in [0.29, 0.717) is 21.3 Å². The quantitative estimate of drug-likeness (QED) is 0.623. The Balaban J connectivity index is 2.27. The molecule has 3 aromatic heterocycles. The third-order valence-corrected chi connectivity index (χ3v) is 3.42. The van der Waals surface area contributed by atoms with Crippen LogP contribution in [0, 0.1) is 0 Å². The van der Waals surface area contributed by atoms with Crippen LogP contribution in [0.4, 0.5) is 5.95 Å². The average Bonchev–Trinajstić information content (AvgIpc) is 2.83. The Labute approximate surface area is 103 Å². The molecule has 0 aromatic carbocycles. The number of thiophene rings is 1. The number of hydrogen-bond acceptors (Lipinski definition) is 5. The second-order valence-corrected chi connectivity index (χ2v) is 5.05. The summed E-state index contributed by atoms with van der Waals surface area (Å²) in [7, 11) is 0. The van der Waals surface area contributed by atoms with Crippen molar-refractivity contribution < 1.29 is 0 Å². The second kappa shape index (κ2) is 3.57. The number of imidazole rings is 1. The lowest BCUT2D eigenvalue weighted by molar-refractivity contribution is 1.17. The Morgan fingerprint density at radius 3 is 2.82 bits per heavy atom. The maximum absolute atomic E-state index is 11.6. The first-order valence-electron chi connectivity index (χ1n) is 4.65. The molecule has 0 bridgehead atoms. The van der Waals surface area contributed by atoms with Crippen molar-refractivity contribution in [1.82, 2.24) is 19.9 Å². The van der Waals surface area contributed by atoms with Crippen molar-refractivity contribution in [2.75, 3.05) is 5.73 Å². The van der Waals surface area contributed by atoms with E-state index in [1.165, 1.54) is 11.3 Å². The summed E-state index contributed by atoms with van der Waals surface area (Å²) in [6.45, 7) is 0. The number of nitrogen functional groups attached to an aromatic ring is 1. The smallest absolute Gasteiger partial charge is 0.278 e. The van der Waals surface area contributed by atoms with Crippen LogP contribution in [0.2, 0.25) is 4.34 Å². The van der Waals surface area contributed by atoms with Crippen LogP contribution >= 0.6 is 22.9 Å². The number of H-pyrrole nitrogens is 2. The molecule has 0 spiro atoms. The van der Waals surface area contributed by atoms with Crippen LogP contribution in [-0.4, -0.2) is 19.9 Å². The molecule has 0 amide bonds. The molecule has 0 radical (unpaired) electrons. The normalized spacial score (nSPS) is 11.1. The summed E-state index contributed by atoms with van der Waals surface area (Å²) < 4.78 is 0.654. The third-order valence-electron chi connectivity index (χ3n) is 2.19. The van der Waals surface area contributed by atoms with Gasteiger partial charge in [0.15, 0.2) is 17.0 Å². The number of rotatable bonds is 1. The third kappa shape index (κ3) is 1.69. The maximum Gasteiger partial charge on any atom is 0.278 e. The van der Waals surface area contributed by atoms with Crippen molar-refractivity contribution in [1.29, 1.82) is 0 Å². The van der Waals surface area contributed by atoms with Gasteiger partial charge < -0.3 is 10.7 Å². The highest BCUT2D eigenvalue weighted by Gasteiger charge is 2.11. The number of halogens is 1. The van der Waals surface area contributed by atoms with Crippen molar-refractivity contribution >= 4 is 40.0 Å². The Kier molecular flexibility index (Phi) is 2.17. The van der Waals surface area contributed by atoms with Crippen molar-refractivity contribution in [3.05, 3.63) is 26.8 Å². The van der Waals surface area contributed by atoms with E-state index >= 15 is 0 Å². The molecular weight excluding hydrogens is 262 g/mol. The van der Waals surface area contributed by atoms with Crippen LogP contribution in [0.15, 0.2) is 16.9 Å². The lowest BCUT2D eigenvalue weighted by atomic mass is 10.4. The number of nitrogens with one attached hydrogen (secondary N) is 2. The van der Waals surface area contributed by atoms with E-state index in [2.05, 4.69) is 19.9 Å². The number of aromatic nitrogens is 4. The van der Waals surface area contributed by atoms with E-state index in [4.69, 9.17) is 17.3 Å². The van der Waals surface area contributed by atoms with Gasteiger partial charge in [0.2, 0.25) is 5.95 Å². The number of nitrogens with two attached hydrogens (primary N) is 1. The van der Waals surface area contributed by atoms with E-state index in [1.54, 1.807) is 6.07 Å². The summed E-state index contributed by atoms with van der Waals surface area (Å²) in [4.78, 5) is 25.9. The van der Waals surface area contributed by atoms with Gasteiger partial charge in [-0.25, -0.2) is 4.98 Å². The number of hydrogen-bond donors (Lipinski definition) is 3. The number of aromatic amines is 2. The molecule has 86 valence electrons. The lowest BCUT2D eigenvalue weighted by Gasteiger charge is -1.89. The SMILES string of the molecule is Nc1nc2nc(-c3ccc(Cl)s3)[nH]c2c(=O)[nH]1. The molecule has 0 atom stereocenters. The van der Waals surface area contributed by atoms with E-state index in [-0.39, 0.29) is 11.5 Å². The maximum atomic E-state index is 11.6. The average molecular weight is 268 g/mol. The van der Waals surface area contributed by atoms with Crippen molar-refractivity contribution in [2.24, 2.45) is 0 Å². The fourth-order valence-electron chi connectivity index (χ4n) is 1.48. The Bertz CT molecular complexity index is 758. The summed E-state index contributed by atoms with van der Waals surface area (Å²) >= 11 is 7.21. The first-order chi connectivity index (χ1) is 8.13. The molecular formula is C9H6ClN5OS. The van der Waals surface area contributed by atoms with Crippen LogP contribution < -0.4 is 11.3 Å². The van der Waals surface area contributed by atoms with E-state index < -0.39 is 0 Å². The highest BCUT2D eigenvalue weighted by atomic mass is 35.5. The molecule has 0 aliphatic carbocycles. The fraction of sp³-hybridized carbons (Fsp3) is 0. The van der Waals surface area contributed by atoms with Gasteiger partial charge in [0.1, 0.15) is 0 Å². The van der Waals surface area contributed by atoms with Gasteiger partial charge in [0, 0.05) is 0 Å². The zero-order chi connectivity index (χ0) is 12.0. The summed E-state index contributed by atoms with van der Waals surface area (Å²) in [5.74, 6) is 0.602. The zero-order valence-electron chi connectivity index (χ0n) is 8.32. The van der Waals surface area contributed by atoms with Crippen LogP contribution in [-0.2, 0) is 0 Å². The molecule has 4 N–H and O–H groups in total. The predicted octanol–water partition coefficient (Wildman–Crippen LogP) is 1.61.